The molecule has 5 nitrogen and oxygen atoms in total. The minimum atomic E-state index is -3.88. The minimum Gasteiger partial charge on any atom is -0.325 e. The number of halogens is 3. The molecule has 0 saturated heterocycles. The van der Waals surface area contributed by atoms with Gasteiger partial charge in [0.15, 0.2) is 0 Å². The third-order valence-corrected chi connectivity index (χ3v) is 7.69. The van der Waals surface area contributed by atoms with E-state index in [0.717, 1.165) is 4.90 Å². The lowest BCUT2D eigenvalue weighted by Crippen LogP contribution is -2.22. The van der Waals surface area contributed by atoms with Gasteiger partial charge >= 0.3 is 0 Å². The van der Waals surface area contributed by atoms with Crippen LogP contribution in [0.3, 0.4) is 0 Å². The zero-order chi connectivity index (χ0) is 22.6. The molecule has 2 N–H and O–H groups in total. The molecule has 31 heavy (non-hydrogen) atoms. The molecule has 0 bridgehead atoms. The second kappa shape index (κ2) is 10.1. The number of carbonyl (C=O) groups is 1. The van der Waals surface area contributed by atoms with Crippen molar-refractivity contribution in [2.24, 2.45) is 0 Å². The van der Waals surface area contributed by atoms with Crippen LogP contribution < -0.4 is 10.0 Å². The summed E-state index contributed by atoms with van der Waals surface area (Å²) in [7, 11) is -3.88. The van der Waals surface area contributed by atoms with Gasteiger partial charge < -0.3 is 5.32 Å². The normalized spacial score (nSPS) is 12.3. The summed E-state index contributed by atoms with van der Waals surface area (Å²) >= 11 is 19.2. The lowest BCUT2D eigenvalue weighted by atomic mass is 10.3. The molecule has 0 fully saturated rings. The zero-order valence-corrected chi connectivity index (χ0v) is 20.0. The SMILES string of the molecule is CC(Sc1ccc(Cl)cc1)C(=O)Nc1ccc(S(=O)(=O)Nc2cccc(Cl)c2Cl)cc1. The van der Waals surface area contributed by atoms with Crippen molar-refractivity contribution in [3.05, 3.63) is 81.8 Å². The molecule has 1 unspecified atom stereocenters. The van der Waals surface area contributed by atoms with E-state index in [4.69, 9.17) is 34.8 Å². The Bertz CT molecular complexity index is 1190. The lowest BCUT2D eigenvalue weighted by molar-refractivity contribution is -0.115. The van der Waals surface area contributed by atoms with Crippen molar-refractivity contribution in [2.75, 3.05) is 10.0 Å². The van der Waals surface area contributed by atoms with Gasteiger partial charge in [-0.1, -0.05) is 40.9 Å². The maximum atomic E-state index is 12.6. The van der Waals surface area contributed by atoms with Gasteiger partial charge in [-0.25, -0.2) is 8.42 Å². The maximum Gasteiger partial charge on any atom is 0.261 e. The van der Waals surface area contributed by atoms with Crippen molar-refractivity contribution in [2.45, 2.75) is 22.0 Å². The molecule has 0 aliphatic heterocycles. The smallest absolute Gasteiger partial charge is 0.261 e. The predicted molar refractivity (Wildman–Crippen MR) is 129 cm³/mol. The molecule has 162 valence electrons. The highest BCUT2D eigenvalue weighted by Crippen LogP contribution is 2.31. The first kappa shape index (κ1) is 23.8. The maximum absolute atomic E-state index is 12.6. The summed E-state index contributed by atoms with van der Waals surface area (Å²) in [5, 5.41) is 3.40. The molecular weight excluding hydrogens is 499 g/mol. The van der Waals surface area contributed by atoms with E-state index in [0.29, 0.717) is 10.7 Å². The van der Waals surface area contributed by atoms with Gasteiger partial charge in [0.1, 0.15) is 0 Å². The van der Waals surface area contributed by atoms with E-state index in [-0.39, 0.29) is 31.8 Å². The van der Waals surface area contributed by atoms with Crippen LogP contribution in [0, 0.1) is 0 Å². The molecule has 0 aliphatic rings. The van der Waals surface area contributed by atoms with E-state index in [9.17, 15) is 13.2 Å². The van der Waals surface area contributed by atoms with Crippen molar-refractivity contribution < 1.29 is 13.2 Å². The van der Waals surface area contributed by atoms with Crippen LogP contribution in [0.25, 0.3) is 0 Å². The van der Waals surface area contributed by atoms with Crippen molar-refractivity contribution in [3.63, 3.8) is 0 Å². The average Bonchev–Trinajstić information content (AvgIpc) is 2.73. The lowest BCUT2D eigenvalue weighted by Gasteiger charge is -2.13. The number of carbonyl (C=O) groups excluding carboxylic acids is 1. The van der Waals surface area contributed by atoms with Crippen molar-refractivity contribution in [3.8, 4) is 0 Å². The van der Waals surface area contributed by atoms with E-state index in [1.807, 2.05) is 12.1 Å². The van der Waals surface area contributed by atoms with Gasteiger partial charge in [-0.3, -0.25) is 9.52 Å². The Kier molecular flexibility index (Phi) is 7.78. The van der Waals surface area contributed by atoms with Gasteiger partial charge in [0, 0.05) is 15.6 Å². The molecule has 0 aromatic heterocycles. The molecule has 3 rings (SSSR count). The summed E-state index contributed by atoms with van der Waals surface area (Å²) < 4.78 is 27.7. The first-order valence-corrected chi connectivity index (χ1v) is 12.5. The highest BCUT2D eigenvalue weighted by Gasteiger charge is 2.18. The number of hydrogen-bond acceptors (Lipinski definition) is 4. The van der Waals surface area contributed by atoms with Crippen molar-refractivity contribution in [1.29, 1.82) is 0 Å². The summed E-state index contributed by atoms with van der Waals surface area (Å²) in [4.78, 5) is 13.4. The topological polar surface area (TPSA) is 75.3 Å². The Morgan fingerprint density at radius 1 is 0.935 bits per heavy atom. The molecular formula is C21H17Cl3N2O3S2. The third-order valence-electron chi connectivity index (χ3n) is 4.12. The highest BCUT2D eigenvalue weighted by atomic mass is 35.5. The number of hydrogen-bond donors (Lipinski definition) is 2. The van der Waals surface area contributed by atoms with Crippen LogP contribution in [0.2, 0.25) is 15.1 Å². The van der Waals surface area contributed by atoms with E-state index in [2.05, 4.69) is 10.0 Å². The van der Waals surface area contributed by atoms with E-state index >= 15 is 0 Å². The second-order valence-electron chi connectivity index (χ2n) is 6.43. The Hall–Kier alpha value is -1.90. The third kappa shape index (κ3) is 6.30. The Morgan fingerprint density at radius 2 is 1.58 bits per heavy atom. The fourth-order valence-corrected chi connectivity index (χ4v) is 4.99. The van der Waals surface area contributed by atoms with Gasteiger partial charge in [0.2, 0.25) is 5.91 Å². The molecule has 0 spiro atoms. The number of rotatable bonds is 7. The van der Waals surface area contributed by atoms with Crippen LogP contribution >= 0.6 is 46.6 Å². The first-order chi connectivity index (χ1) is 14.7. The van der Waals surface area contributed by atoms with E-state index in [1.54, 1.807) is 31.2 Å². The molecule has 3 aromatic carbocycles. The van der Waals surface area contributed by atoms with E-state index < -0.39 is 10.0 Å². The molecule has 0 radical (unpaired) electrons. The van der Waals surface area contributed by atoms with Crippen LogP contribution in [0.5, 0.6) is 0 Å². The molecule has 0 aliphatic carbocycles. The molecule has 10 heteroatoms. The zero-order valence-electron chi connectivity index (χ0n) is 16.1. The van der Waals surface area contributed by atoms with Gasteiger partial charge in [0.05, 0.1) is 25.9 Å². The number of nitrogens with one attached hydrogen (secondary N) is 2. The van der Waals surface area contributed by atoms with Gasteiger partial charge in [-0.05, 0) is 67.6 Å². The van der Waals surface area contributed by atoms with Crippen LogP contribution in [-0.4, -0.2) is 19.6 Å². The van der Waals surface area contributed by atoms with E-state index in [1.165, 1.54) is 42.1 Å². The highest BCUT2D eigenvalue weighted by molar-refractivity contribution is 8.00. The quantitative estimate of drug-likeness (QED) is 0.349. The Morgan fingerprint density at radius 3 is 2.23 bits per heavy atom. The monoisotopic (exact) mass is 514 g/mol. The molecule has 0 heterocycles. The largest absolute Gasteiger partial charge is 0.325 e. The number of amides is 1. The van der Waals surface area contributed by atoms with Gasteiger partial charge in [-0.2, -0.15) is 0 Å². The summed E-state index contributed by atoms with van der Waals surface area (Å²) in [5.41, 5.74) is 0.660. The number of sulfonamides is 1. The summed E-state index contributed by atoms with van der Waals surface area (Å²) in [6.45, 7) is 1.78. The number of anilines is 2. The van der Waals surface area contributed by atoms with Crippen LogP contribution in [-0.2, 0) is 14.8 Å². The Balaban J connectivity index is 1.65. The second-order valence-corrected chi connectivity index (χ2v) is 10.8. The average molecular weight is 516 g/mol. The van der Waals surface area contributed by atoms with Crippen molar-refractivity contribution in [1.82, 2.24) is 0 Å². The van der Waals surface area contributed by atoms with Crippen LogP contribution in [0.1, 0.15) is 6.92 Å². The summed E-state index contributed by atoms with van der Waals surface area (Å²) in [5.74, 6) is -0.209. The minimum absolute atomic E-state index is 0.0186. The first-order valence-electron chi connectivity index (χ1n) is 8.96. The van der Waals surface area contributed by atoms with Gasteiger partial charge in [0.25, 0.3) is 10.0 Å². The molecule has 1 amide bonds. The molecule has 3 aromatic rings. The molecule has 0 saturated carbocycles. The van der Waals surface area contributed by atoms with Gasteiger partial charge in [-0.15, -0.1) is 11.8 Å². The Labute approximate surface area is 200 Å². The van der Waals surface area contributed by atoms with Crippen LogP contribution in [0.4, 0.5) is 11.4 Å². The fourth-order valence-electron chi connectivity index (χ4n) is 2.52. The summed E-state index contributed by atoms with van der Waals surface area (Å²) in [6.07, 6.45) is 0. The predicted octanol–water partition coefficient (Wildman–Crippen LogP) is 6.57. The fraction of sp³-hybridized carbons (Fsp3) is 0.0952. The molecule has 1 atom stereocenters. The van der Waals surface area contributed by atoms with Crippen LogP contribution in [0.15, 0.2) is 76.5 Å². The van der Waals surface area contributed by atoms with Crippen molar-refractivity contribution >= 4 is 73.9 Å². The number of benzene rings is 3. The standard InChI is InChI=1S/C21H17Cl3N2O3S2/c1-13(30-16-9-5-14(22)6-10-16)21(27)25-15-7-11-17(12-8-15)31(28,29)26-19-4-2-3-18(23)20(19)24/h2-13,26H,1H3,(H,25,27). The summed E-state index contributed by atoms with van der Waals surface area (Å²) in [6, 6.07) is 17.7. The number of thioether (sulfide) groups is 1.